The summed E-state index contributed by atoms with van der Waals surface area (Å²) in [5, 5.41) is 0. The van der Waals surface area contributed by atoms with Crippen molar-refractivity contribution < 1.29 is 28.5 Å². The number of rotatable bonds is 12. The summed E-state index contributed by atoms with van der Waals surface area (Å²) in [4.78, 5) is 15.8. The quantitative estimate of drug-likeness (QED) is 0.289. The van der Waals surface area contributed by atoms with Gasteiger partial charge in [0.1, 0.15) is 11.7 Å². The van der Waals surface area contributed by atoms with Crippen molar-refractivity contribution in [2.75, 3.05) is 40.5 Å². The number of nitrogens with zero attached hydrogens (tertiary/aromatic N) is 1. The largest absolute Gasteiger partial charge is 0.493 e. The standard InChI is InChI=1S/C37H47NO6/c1-4-43-31(39)15-13-27-28(23-42-22-25-8-6-5-7-9-25)37(41-3)17-16-35(27)30-20-26-12-14-29(40-2)33-32(26)36(35,34(37)44-33)18-19-38(30)21-24-10-11-24/h5-9,12,14,24,27-28,30,34H,4,10-11,13,15-23H2,1-3H3/t27-,28-,30+,34+,35+,36-,37+/m0/s1. The minimum atomic E-state index is -0.528. The monoisotopic (exact) mass is 601 g/mol. The van der Waals surface area contributed by atoms with Gasteiger partial charge in [-0.2, -0.15) is 0 Å². The van der Waals surface area contributed by atoms with E-state index in [1.807, 2.05) is 20.1 Å². The molecular formula is C37H47NO6. The molecule has 0 radical (unpaired) electrons. The van der Waals surface area contributed by atoms with E-state index in [2.05, 4.69) is 41.3 Å². The Morgan fingerprint density at radius 3 is 2.64 bits per heavy atom. The van der Waals surface area contributed by atoms with Crippen LogP contribution in [0.1, 0.15) is 68.6 Å². The van der Waals surface area contributed by atoms with E-state index in [0.29, 0.717) is 32.3 Å². The van der Waals surface area contributed by atoms with E-state index in [1.165, 1.54) is 36.1 Å². The molecule has 4 bridgehead atoms. The third-order valence-electron chi connectivity index (χ3n) is 12.7. The van der Waals surface area contributed by atoms with Crippen LogP contribution in [0, 0.1) is 23.2 Å². The fourth-order valence-corrected chi connectivity index (χ4v) is 11.1. The molecule has 2 spiro atoms. The molecule has 7 nitrogen and oxygen atoms in total. The van der Waals surface area contributed by atoms with E-state index < -0.39 is 5.60 Å². The number of hydrogen-bond donors (Lipinski definition) is 0. The normalized spacial score (nSPS) is 36.1. The van der Waals surface area contributed by atoms with Gasteiger partial charge >= 0.3 is 5.97 Å². The van der Waals surface area contributed by atoms with Gasteiger partial charge < -0.3 is 23.7 Å². The van der Waals surface area contributed by atoms with Crippen molar-refractivity contribution in [1.29, 1.82) is 0 Å². The molecule has 0 unspecified atom stereocenters. The van der Waals surface area contributed by atoms with E-state index in [4.69, 9.17) is 23.7 Å². The molecule has 9 rings (SSSR count). The predicted octanol–water partition coefficient (Wildman–Crippen LogP) is 5.71. The Balaban J connectivity index is 1.27. The van der Waals surface area contributed by atoms with Crippen LogP contribution in [0.3, 0.4) is 0 Å². The summed E-state index contributed by atoms with van der Waals surface area (Å²) in [5.74, 6) is 2.79. The molecule has 5 aliphatic carbocycles. The van der Waals surface area contributed by atoms with Crippen LogP contribution in [0.4, 0.5) is 0 Å². The van der Waals surface area contributed by atoms with E-state index >= 15 is 0 Å². The lowest BCUT2D eigenvalue weighted by Crippen LogP contribution is -2.84. The molecule has 236 valence electrons. The van der Waals surface area contributed by atoms with Gasteiger partial charge in [0.25, 0.3) is 0 Å². The first-order valence-electron chi connectivity index (χ1n) is 17.0. The van der Waals surface area contributed by atoms with Gasteiger partial charge in [-0.05, 0) is 87.4 Å². The summed E-state index contributed by atoms with van der Waals surface area (Å²) in [6, 6.07) is 15.2. The lowest BCUT2D eigenvalue weighted by atomic mass is 9.31. The number of ether oxygens (including phenoxy) is 5. The van der Waals surface area contributed by atoms with Crippen LogP contribution in [0.25, 0.3) is 0 Å². The number of fused-ring (bicyclic) bond motifs is 2. The van der Waals surface area contributed by atoms with Crippen molar-refractivity contribution in [2.45, 2.75) is 88.1 Å². The van der Waals surface area contributed by atoms with Crippen molar-refractivity contribution >= 4 is 5.97 Å². The van der Waals surface area contributed by atoms with Crippen LogP contribution in [0.5, 0.6) is 11.5 Å². The number of likely N-dealkylation sites (tertiary alicyclic amines) is 1. The maximum absolute atomic E-state index is 13.0. The number of carbonyl (C=O) groups is 1. The van der Waals surface area contributed by atoms with E-state index in [1.54, 1.807) is 7.11 Å². The van der Waals surface area contributed by atoms with Gasteiger partial charge in [-0.25, -0.2) is 0 Å². The van der Waals surface area contributed by atoms with E-state index in [9.17, 15) is 4.79 Å². The molecule has 2 aromatic rings. The fourth-order valence-electron chi connectivity index (χ4n) is 11.1. The molecule has 2 heterocycles. The topological polar surface area (TPSA) is 66.5 Å². The third kappa shape index (κ3) is 3.88. The Kier molecular flexibility index (Phi) is 7.04. The Morgan fingerprint density at radius 2 is 1.89 bits per heavy atom. The zero-order chi connectivity index (χ0) is 30.1. The van der Waals surface area contributed by atoms with Gasteiger partial charge in [-0.3, -0.25) is 9.69 Å². The first-order chi connectivity index (χ1) is 21.5. The minimum absolute atomic E-state index is 0.0526. The Morgan fingerprint density at radius 1 is 1.05 bits per heavy atom. The fraction of sp³-hybridized carbons (Fsp3) is 0.649. The summed E-state index contributed by atoms with van der Waals surface area (Å²) < 4.78 is 32.2. The van der Waals surface area contributed by atoms with Crippen molar-refractivity contribution in [3.8, 4) is 11.5 Å². The SMILES string of the molecule is CCOC(=O)CC[C@H]1[C@H](COCc2ccccc2)[C@]2(OC)CC[C@]13[C@H]1Cc4ccc(OC)c5c4[C@@]3(CCN1CC1CC1)[C@H]2O5. The maximum atomic E-state index is 13.0. The highest BCUT2D eigenvalue weighted by Gasteiger charge is 2.83. The first kappa shape index (κ1) is 28.8. The number of piperidine rings is 1. The highest BCUT2D eigenvalue weighted by molar-refractivity contribution is 5.69. The molecule has 5 fully saturated rings. The molecule has 2 aliphatic heterocycles. The van der Waals surface area contributed by atoms with Crippen molar-refractivity contribution in [3.63, 3.8) is 0 Å². The predicted molar refractivity (Wildman–Crippen MR) is 166 cm³/mol. The average molecular weight is 602 g/mol. The van der Waals surface area contributed by atoms with Crippen LogP contribution in [-0.2, 0) is 37.4 Å². The molecule has 0 N–H and O–H groups in total. The zero-order valence-electron chi connectivity index (χ0n) is 26.5. The summed E-state index contributed by atoms with van der Waals surface area (Å²) in [5.41, 5.74) is 3.21. The van der Waals surface area contributed by atoms with Crippen molar-refractivity contribution in [3.05, 3.63) is 59.2 Å². The minimum Gasteiger partial charge on any atom is -0.493 e. The molecule has 2 aromatic carbocycles. The van der Waals surface area contributed by atoms with Crippen molar-refractivity contribution in [2.24, 2.45) is 23.2 Å². The zero-order valence-corrected chi connectivity index (χ0v) is 26.5. The first-order valence-corrected chi connectivity index (χ1v) is 17.0. The number of benzene rings is 2. The van der Waals surface area contributed by atoms with Gasteiger partial charge in [0.05, 0.1) is 26.9 Å². The number of hydrogen-bond acceptors (Lipinski definition) is 7. The van der Waals surface area contributed by atoms with Crippen LogP contribution >= 0.6 is 0 Å². The van der Waals surface area contributed by atoms with Crippen LogP contribution in [0.2, 0.25) is 0 Å². The second-order valence-corrected chi connectivity index (χ2v) is 14.3. The summed E-state index contributed by atoms with van der Waals surface area (Å²) in [6.45, 7) is 5.70. The lowest BCUT2D eigenvalue weighted by molar-refractivity contribution is -0.312. The average Bonchev–Trinajstić information content (AvgIpc) is 3.79. The molecule has 7 atom stereocenters. The molecular weight excluding hydrogens is 554 g/mol. The second kappa shape index (κ2) is 10.7. The summed E-state index contributed by atoms with van der Waals surface area (Å²) in [6.07, 6.45) is 7.85. The maximum Gasteiger partial charge on any atom is 0.305 e. The molecule has 4 saturated carbocycles. The van der Waals surface area contributed by atoms with Crippen LogP contribution in [-0.4, -0.2) is 69.1 Å². The molecule has 1 saturated heterocycles. The van der Waals surface area contributed by atoms with Gasteiger partial charge in [0, 0.05) is 48.4 Å². The summed E-state index contributed by atoms with van der Waals surface area (Å²) >= 11 is 0. The molecule has 44 heavy (non-hydrogen) atoms. The van der Waals surface area contributed by atoms with Gasteiger partial charge in [-0.1, -0.05) is 36.4 Å². The highest BCUT2D eigenvalue weighted by atomic mass is 16.6. The Labute approximate surface area is 261 Å². The second-order valence-electron chi connectivity index (χ2n) is 14.3. The van der Waals surface area contributed by atoms with Gasteiger partial charge in [0.15, 0.2) is 11.5 Å². The summed E-state index contributed by atoms with van der Waals surface area (Å²) in [7, 11) is 3.64. The highest BCUT2D eigenvalue weighted by Crippen LogP contribution is 2.78. The molecule has 0 aromatic heterocycles. The number of esters is 1. The molecule has 7 heteroatoms. The van der Waals surface area contributed by atoms with Crippen molar-refractivity contribution in [1.82, 2.24) is 4.90 Å². The van der Waals surface area contributed by atoms with Gasteiger partial charge in [-0.15, -0.1) is 0 Å². The van der Waals surface area contributed by atoms with Gasteiger partial charge in [0.2, 0.25) is 0 Å². The Hall–Kier alpha value is -2.61. The van der Waals surface area contributed by atoms with Crippen LogP contribution in [0.15, 0.2) is 42.5 Å². The number of carbonyl (C=O) groups excluding carboxylic acids is 1. The third-order valence-corrected chi connectivity index (χ3v) is 12.7. The van der Waals surface area contributed by atoms with Crippen LogP contribution < -0.4 is 9.47 Å². The lowest BCUT2D eigenvalue weighted by Gasteiger charge is -2.76. The molecule has 0 amide bonds. The smallest absolute Gasteiger partial charge is 0.305 e. The van der Waals surface area contributed by atoms with E-state index in [-0.39, 0.29) is 34.7 Å². The Bertz CT molecular complexity index is 1410. The molecule has 7 aliphatic rings. The van der Waals surface area contributed by atoms with E-state index in [0.717, 1.165) is 56.1 Å². The number of methoxy groups -OCH3 is 2.